The summed E-state index contributed by atoms with van der Waals surface area (Å²) in [6.07, 6.45) is 1.28. The quantitative estimate of drug-likeness (QED) is 0.350. The summed E-state index contributed by atoms with van der Waals surface area (Å²) in [4.78, 5) is 4.18. The Morgan fingerprint density at radius 2 is 2.32 bits per heavy atom. The van der Waals surface area contributed by atoms with Crippen LogP contribution in [-0.2, 0) is 11.2 Å². The third-order valence-electron chi connectivity index (χ3n) is 2.79. The first-order valence-electron chi connectivity index (χ1n) is 6.40. The molecule has 1 aromatic carbocycles. The summed E-state index contributed by atoms with van der Waals surface area (Å²) in [5.41, 5.74) is 3.22. The molecule has 0 aliphatic rings. The van der Waals surface area contributed by atoms with Gasteiger partial charge in [0.05, 0.1) is 10.2 Å². The summed E-state index contributed by atoms with van der Waals surface area (Å²) < 4.78 is 23.2. The van der Waals surface area contributed by atoms with E-state index < -0.39 is 5.82 Å². The molecule has 0 amide bonds. The maximum absolute atomic E-state index is 13.2. The summed E-state index contributed by atoms with van der Waals surface area (Å²) in [6, 6.07) is 4.21. The van der Waals surface area contributed by atoms with Crippen LogP contribution in [0.5, 0.6) is 0 Å². The van der Waals surface area contributed by atoms with Gasteiger partial charge in [-0.15, -0.1) is 0 Å². The molecule has 22 heavy (non-hydrogen) atoms. The van der Waals surface area contributed by atoms with Crippen LogP contribution in [0.3, 0.4) is 0 Å². The van der Waals surface area contributed by atoms with Gasteiger partial charge in [-0.05, 0) is 52.1 Å². The van der Waals surface area contributed by atoms with E-state index in [2.05, 4.69) is 31.2 Å². The Morgan fingerprint density at radius 3 is 3.00 bits per heavy atom. The zero-order valence-electron chi connectivity index (χ0n) is 11.7. The SMILES string of the molecule is COCCCc1nonc1C(=Nc1ccc(F)c(Br)c1)NO. The third-order valence-corrected chi connectivity index (χ3v) is 3.40. The Kier molecular flexibility index (Phi) is 5.99. The molecule has 9 heteroatoms. The number of aryl methyl sites for hydroxylation is 1. The van der Waals surface area contributed by atoms with Gasteiger partial charge in [0.1, 0.15) is 11.5 Å². The van der Waals surface area contributed by atoms with E-state index in [9.17, 15) is 9.60 Å². The molecule has 0 saturated carbocycles. The average molecular weight is 373 g/mol. The van der Waals surface area contributed by atoms with Gasteiger partial charge in [-0.25, -0.2) is 14.0 Å². The van der Waals surface area contributed by atoms with Crippen LogP contribution in [0.1, 0.15) is 17.8 Å². The number of aromatic nitrogens is 2. The molecular formula is C13H14BrFN4O3. The van der Waals surface area contributed by atoms with Crippen molar-refractivity contribution in [3.05, 3.63) is 39.9 Å². The van der Waals surface area contributed by atoms with E-state index in [1.165, 1.54) is 18.2 Å². The lowest BCUT2D eigenvalue weighted by atomic mass is 10.2. The first-order chi connectivity index (χ1) is 10.7. The van der Waals surface area contributed by atoms with Crippen molar-refractivity contribution in [3.63, 3.8) is 0 Å². The van der Waals surface area contributed by atoms with E-state index >= 15 is 0 Å². The van der Waals surface area contributed by atoms with Gasteiger partial charge >= 0.3 is 0 Å². The van der Waals surface area contributed by atoms with Crippen LogP contribution in [0.15, 0.2) is 32.3 Å². The zero-order valence-corrected chi connectivity index (χ0v) is 13.3. The summed E-state index contributed by atoms with van der Waals surface area (Å²) in [6.45, 7) is 0.566. The Balaban J connectivity index is 2.25. The number of methoxy groups -OCH3 is 1. The highest BCUT2D eigenvalue weighted by Gasteiger charge is 2.16. The summed E-state index contributed by atoms with van der Waals surface area (Å²) >= 11 is 3.08. The second-order valence-electron chi connectivity index (χ2n) is 4.33. The second-order valence-corrected chi connectivity index (χ2v) is 5.18. The topological polar surface area (TPSA) is 92.8 Å². The lowest BCUT2D eigenvalue weighted by Gasteiger charge is -2.04. The zero-order chi connectivity index (χ0) is 15.9. The maximum atomic E-state index is 13.2. The van der Waals surface area contributed by atoms with Crippen LogP contribution in [0, 0.1) is 5.82 Å². The Morgan fingerprint density at radius 1 is 1.50 bits per heavy atom. The monoisotopic (exact) mass is 372 g/mol. The number of aliphatic imine (C=N–C) groups is 1. The largest absolute Gasteiger partial charge is 0.385 e. The summed E-state index contributed by atoms with van der Waals surface area (Å²) in [5.74, 6) is -0.340. The highest BCUT2D eigenvalue weighted by atomic mass is 79.9. The minimum atomic E-state index is -0.402. The first-order valence-corrected chi connectivity index (χ1v) is 7.19. The van der Waals surface area contributed by atoms with Crippen molar-refractivity contribution in [2.45, 2.75) is 12.8 Å². The second kappa shape index (κ2) is 7.97. The molecule has 2 aromatic rings. The lowest BCUT2D eigenvalue weighted by Crippen LogP contribution is -2.22. The van der Waals surface area contributed by atoms with Crippen LogP contribution >= 0.6 is 15.9 Å². The van der Waals surface area contributed by atoms with Crippen LogP contribution < -0.4 is 5.48 Å². The molecule has 0 fully saturated rings. The molecule has 0 saturated heterocycles. The maximum Gasteiger partial charge on any atom is 0.181 e. The molecule has 0 atom stereocenters. The van der Waals surface area contributed by atoms with Crippen LogP contribution in [0.2, 0.25) is 0 Å². The van der Waals surface area contributed by atoms with Gasteiger partial charge in [0, 0.05) is 13.7 Å². The fourth-order valence-electron chi connectivity index (χ4n) is 1.75. The van der Waals surface area contributed by atoms with Gasteiger partial charge in [-0.2, -0.15) is 0 Å². The van der Waals surface area contributed by atoms with E-state index in [0.29, 0.717) is 30.1 Å². The molecule has 0 unspecified atom stereocenters. The number of nitrogens with zero attached hydrogens (tertiary/aromatic N) is 3. The number of hydrogen-bond donors (Lipinski definition) is 2. The van der Waals surface area contributed by atoms with E-state index in [0.717, 1.165) is 6.42 Å². The van der Waals surface area contributed by atoms with Crippen molar-refractivity contribution >= 4 is 27.5 Å². The number of amidine groups is 1. The van der Waals surface area contributed by atoms with Crippen molar-refractivity contribution in [2.75, 3.05) is 13.7 Å². The fraction of sp³-hybridized carbons (Fsp3) is 0.308. The minimum absolute atomic E-state index is 0.0622. The lowest BCUT2D eigenvalue weighted by molar-refractivity contribution is 0.194. The molecule has 0 radical (unpaired) electrons. The Hall–Kier alpha value is -1.84. The van der Waals surface area contributed by atoms with Gasteiger partial charge in [0.2, 0.25) is 0 Å². The number of hydroxylamine groups is 1. The number of ether oxygens (including phenoxy) is 1. The third kappa shape index (κ3) is 4.09. The van der Waals surface area contributed by atoms with Crippen molar-refractivity contribution in [1.82, 2.24) is 15.8 Å². The number of hydrogen-bond acceptors (Lipinski definition) is 6. The number of halogens is 2. The van der Waals surface area contributed by atoms with Crippen molar-refractivity contribution in [3.8, 4) is 0 Å². The normalized spacial score (nSPS) is 11.7. The number of benzene rings is 1. The summed E-state index contributed by atoms with van der Waals surface area (Å²) in [7, 11) is 1.61. The van der Waals surface area contributed by atoms with Crippen molar-refractivity contribution in [2.24, 2.45) is 4.99 Å². The molecule has 0 bridgehead atoms. The molecule has 118 valence electrons. The van der Waals surface area contributed by atoms with Crippen molar-refractivity contribution < 1.29 is 19.0 Å². The van der Waals surface area contributed by atoms with Gasteiger partial charge in [0.15, 0.2) is 11.5 Å². The molecule has 2 N–H and O–H groups in total. The number of nitrogens with one attached hydrogen (secondary N) is 1. The molecule has 0 spiro atoms. The smallest absolute Gasteiger partial charge is 0.181 e. The summed E-state index contributed by atoms with van der Waals surface area (Å²) in [5, 5.41) is 16.8. The standard InChI is InChI=1S/C13H14BrFN4O3/c1-21-6-2-3-11-12(19-22-18-11)13(17-20)16-8-4-5-10(15)9(14)7-8/h4-5,7,20H,2-3,6H2,1H3,(H,16,17). The van der Waals surface area contributed by atoms with Crippen LogP contribution in [0.25, 0.3) is 0 Å². The first kappa shape index (κ1) is 16.5. The van der Waals surface area contributed by atoms with Crippen LogP contribution in [0.4, 0.5) is 10.1 Å². The molecule has 2 rings (SSSR count). The molecule has 7 nitrogen and oxygen atoms in total. The highest BCUT2D eigenvalue weighted by molar-refractivity contribution is 9.10. The van der Waals surface area contributed by atoms with E-state index in [1.807, 2.05) is 5.48 Å². The van der Waals surface area contributed by atoms with Gasteiger partial charge in [-0.3, -0.25) is 10.7 Å². The molecule has 1 aromatic heterocycles. The predicted molar refractivity (Wildman–Crippen MR) is 79.7 cm³/mol. The molecule has 0 aliphatic carbocycles. The molecule has 0 aliphatic heterocycles. The number of rotatable bonds is 6. The van der Waals surface area contributed by atoms with Gasteiger partial charge in [-0.1, -0.05) is 5.16 Å². The molecular weight excluding hydrogens is 359 g/mol. The van der Waals surface area contributed by atoms with E-state index in [4.69, 9.17) is 9.37 Å². The van der Waals surface area contributed by atoms with Gasteiger partial charge < -0.3 is 4.74 Å². The Labute approximate surface area is 134 Å². The minimum Gasteiger partial charge on any atom is -0.385 e. The average Bonchev–Trinajstić information content (AvgIpc) is 2.97. The molecule has 1 heterocycles. The van der Waals surface area contributed by atoms with E-state index in [-0.39, 0.29) is 10.3 Å². The Bertz CT molecular complexity index is 662. The van der Waals surface area contributed by atoms with Crippen LogP contribution in [-0.4, -0.2) is 35.1 Å². The van der Waals surface area contributed by atoms with Crippen molar-refractivity contribution in [1.29, 1.82) is 0 Å². The van der Waals surface area contributed by atoms with E-state index in [1.54, 1.807) is 7.11 Å². The predicted octanol–water partition coefficient (Wildman–Crippen LogP) is 2.61. The fourth-order valence-corrected chi connectivity index (χ4v) is 2.12. The van der Waals surface area contributed by atoms with Gasteiger partial charge in [0.25, 0.3) is 0 Å². The highest BCUT2D eigenvalue weighted by Crippen LogP contribution is 2.22.